The van der Waals surface area contributed by atoms with Crippen molar-refractivity contribution in [1.82, 2.24) is 4.98 Å². The Morgan fingerprint density at radius 3 is 2.82 bits per heavy atom. The molecular formula is C12H20N4O. The highest BCUT2D eigenvalue weighted by Gasteiger charge is 2.14. The minimum Gasteiger partial charge on any atom is -0.409 e. The van der Waals surface area contributed by atoms with E-state index in [9.17, 15) is 0 Å². The van der Waals surface area contributed by atoms with E-state index in [0.717, 1.165) is 18.1 Å². The molecule has 1 rings (SSSR count). The second kappa shape index (κ2) is 6.08. The van der Waals surface area contributed by atoms with Gasteiger partial charge in [0.15, 0.2) is 0 Å². The lowest BCUT2D eigenvalue weighted by atomic mass is 10.1. The largest absolute Gasteiger partial charge is 0.409 e. The molecule has 0 aliphatic rings. The van der Waals surface area contributed by atoms with Crippen molar-refractivity contribution in [1.29, 1.82) is 0 Å². The maximum atomic E-state index is 8.63. The zero-order valence-corrected chi connectivity index (χ0v) is 10.6. The zero-order chi connectivity index (χ0) is 12.8. The van der Waals surface area contributed by atoms with Gasteiger partial charge in [-0.2, -0.15) is 0 Å². The molecule has 0 fully saturated rings. The summed E-state index contributed by atoms with van der Waals surface area (Å²) in [6, 6.07) is 5.91. The van der Waals surface area contributed by atoms with Crippen molar-refractivity contribution in [2.45, 2.75) is 20.8 Å². The molecule has 0 aliphatic heterocycles. The lowest BCUT2D eigenvalue weighted by molar-refractivity contribution is 0.314. The van der Waals surface area contributed by atoms with Gasteiger partial charge in [0, 0.05) is 24.7 Å². The topological polar surface area (TPSA) is 74.7 Å². The molecule has 17 heavy (non-hydrogen) atoms. The number of anilines is 1. The van der Waals surface area contributed by atoms with Gasteiger partial charge in [0.1, 0.15) is 11.7 Å². The van der Waals surface area contributed by atoms with E-state index in [1.807, 2.05) is 32.0 Å². The van der Waals surface area contributed by atoms with Crippen LogP contribution in [-0.2, 0) is 0 Å². The first-order valence-electron chi connectivity index (χ1n) is 5.74. The third kappa shape index (κ3) is 3.62. The lowest BCUT2D eigenvalue weighted by Gasteiger charge is -2.25. The Morgan fingerprint density at radius 2 is 2.29 bits per heavy atom. The summed E-state index contributed by atoms with van der Waals surface area (Å²) in [5.74, 6) is 1.16. The van der Waals surface area contributed by atoms with Crippen LogP contribution < -0.4 is 10.6 Å². The molecule has 0 radical (unpaired) electrons. The van der Waals surface area contributed by atoms with Crippen LogP contribution in [0, 0.1) is 12.8 Å². The Bertz CT molecular complexity index is 392. The fourth-order valence-corrected chi connectivity index (χ4v) is 1.61. The number of aryl methyl sites for hydroxylation is 1. The smallest absolute Gasteiger partial charge is 0.143 e. The first kappa shape index (κ1) is 13.3. The number of hydrogen-bond donors (Lipinski definition) is 2. The highest BCUT2D eigenvalue weighted by Crippen LogP contribution is 2.13. The quantitative estimate of drug-likeness (QED) is 0.352. The van der Waals surface area contributed by atoms with Crippen LogP contribution in [0.3, 0.4) is 0 Å². The van der Waals surface area contributed by atoms with Gasteiger partial charge in [-0.1, -0.05) is 18.1 Å². The van der Waals surface area contributed by atoms with E-state index in [1.54, 1.807) is 0 Å². The highest BCUT2D eigenvalue weighted by molar-refractivity contribution is 5.82. The standard InChI is InChI=1S/C12H20N4O/c1-4-16(8-9(2)12(13)15-17)11-7-5-6-10(3)14-11/h5-7,9,17H,4,8H2,1-3H3,(H2,13,15). The van der Waals surface area contributed by atoms with Gasteiger partial charge < -0.3 is 15.8 Å². The number of nitrogens with two attached hydrogens (primary N) is 1. The van der Waals surface area contributed by atoms with Gasteiger partial charge in [0.2, 0.25) is 0 Å². The number of amidine groups is 1. The van der Waals surface area contributed by atoms with E-state index in [2.05, 4.69) is 22.0 Å². The zero-order valence-electron chi connectivity index (χ0n) is 10.6. The van der Waals surface area contributed by atoms with Crippen LogP contribution in [0.5, 0.6) is 0 Å². The Morgan fingerprint density at radius 1 is 1.59 bits per heavy atom. The fourth-order valence-electron chi connectivity index (χ4n) is 1.61. The Kier molecular flexibility index (Phi) is 4.75. The van der Waals surface area contributed by atoms with Crippen LogP contribution in [0.25, 0.3) is 0 Å². The Hall–Kier alpha value is -1.78. The van der Waals surface area contributed by atoms with E-state index in [4.69, 9.17) is 10.9 Å². The minimum absolute atomic E-state index is 0.0118. The first-order chi connectivity index (χ1) is 8.08. The van der Waals surface area contributed by atoms with E-state index in [-0.39, 0.29) is 11.8 Å². The molecule has 1 aromatic rings. The predicted molar refractivity (Wildman–Crippen MR) is 69.4 cm³/mol. The lowest BCUT2D eigenvalue weighted by Crippen LogP contribution is -2.35. The summed E-state index contributed by atoms with van der Waals surface area (Å²) in [5, 5.41) is 11.7. The number of hydrogen-bond acceptors (Lipinski definition) is 4. The second-order valence-corrected chi connectivity index (χ2v) is 4.10. The molecule has 1 heterocycles. The molecule has 0 bridgehead atoms. The molecule has 0 aromatic carbocycles. The first-order valence-corrected chi connectivity index (χ1v) is 5.74. The van der Waals surface area contributed by atoms with Crippen molar-refractivity contribution in [3.63, 3.8) is 0 Å². The monoisotopic (exact) mass is 236 g/mol. The van der Waals surface area contributed by atoms with Crippen molar-refractivity contribution < 1.29 is 5.21 Å². The van der Waals surface area contributed by atoms with Crippen LogP contribution in [0.4, 0.5) is 5.82 Å². The number of oxime groups is 1. The van der Waals surface area contributed by atoms with Crippen LogP contribution in [-0.4, -0.2) is 29.1 Å². The summed E-state index contributed by atoms with van der Waals surface area (Å²) in [7, 11) is 0. The van der Waals surface area contributed by atoms with Gasteiger partial charge in [0.25, 0.3) is 0 Å². The maximum Gasteiger partial charge on any atom is 0.143 e. The van der Waals surface area contributed by atoms with Crippen LogP contribution >= 0.6 is 0 Å². The molecule has 0 amide bonds. The summed E-state index contributed by atoms with van der Waals surface area (Å²) >= 11 is 0. The van der Waals surface area contributed by atoms with E-state index in [0.29, 0.717) is 6.54 Å². The summed E-state index contributed by atoms with van der Waals surface area (Å²) < 4.78 is 0. The van der Waals surface area contributed by atoms with Gasteiger partial charge >= 0.3 is 0 Å². The fraction of sp³-hybridized carbons (Fsp3) is 0.500. The number of rotatable bonds is 5. The maximum absolute atomic E-state index is 8.63. The molecule has 94 valence electrons. The average Bonchev–Trinajstić information content (AvgIpc) is 2.34. The van der Waals surface area contributed by atoms with Crippen molar-refractivity contribution in [3.8, 4) is 0 Å². The number of pyridine rings is 1. The highest BCUT2D eigenvalue weighted by atomic mass is 16.4. The van der Waals surface area contributed by atoms with E-state index in [1.165, 1.54) is 0 Å². The summed E-state index contributed by atoms with van der Waals surface area (Å²) in [6.45, 7) is 7.46. The molecule has 1 atom stereocenters. The molecule has 1 aromatic heterocycles. The Labute approximate surface area is 102 Å². The predicted octanol–water partition coefficient (Wildman–Crippen LogP) is 1.60. The van der Waals surface area contributed by atoms with E-state index < -0.39 is 0 Å². The molecule has 0 spiro atoms. The van der Waals surface area contributed by atoms with Crippen LogP contribution in [0.1, 0.15) is 19.5 Å². The van der Waals surface area contributed by atoms with Gasteiger partial charge in [-0.25, -0.2) is 4.98 Å². The molecule has 0 saturated heterocycles. The van der Waals surface area contributed by atoms with E-state index >= 15 is 0 Å². The summed E-state index contributed by atoms with van der Waals surface area (Å²) in [5.41, 5.74) is 6.56. The van der Waals surface area contributed by atoms with Gasteiger partial charge in [-0.3, -0.25) is 0 Å². The van der Waals surface area contributed by atoms with Gasteiger partial charge in [-0.15, -0.1) is 0 Å². The summed E-state index contributed by atoms with van der Waals surface area (Å²) in [4.78, 5) is 6.57. The van der Waals surface area contributed by atoms with Gasteiger partial charge in [-0.05, 0) is 26.0 Å². The molecular weight excluding hydrogens is 216 g/mol. The van der Waals surface area contributed by atoms with Crippen molar-refractivity contribution >= 4 is 11.7 Å². The van der Waals surface area contributed by atoms with Crippen molar-refractivity contribution in [3.05, 3.63) is 23.9 Å². The SMILES string of the molecule is CCN(CC(C)/C(N)=N/O)c1cccc(C)n1. The molecule has 0 saturated carbocycles. The van der Waals surface area contributed by atoms with Crippen molar-refractivity contribution in [2.75, 3.05) is 18.0 Å². The Balaban J connectivity index is 2.79. The molecule has 1 unspecified atom stereocenters. The minimum atomic E-state index is -0.0118. The molecule has 3 N–H and O–H groups in total. The van der Waals surface area contributed by atoms with Crippen molar-refractivity contribution in [2.24, 2.45) is 16.8 Å². The normalized spacial score (nSPS) is 13.5. The van der Waals surface area contributed by atoms with Crippen LogP contribution in [0.15, 0.2) is 23.4 Å². The molecule has 5 nitrogen and oxygen atoms in total. The summed E-state index contributed by atoms with van der Waals surface area (Å²) in [6.07, 6.45) is 0. The average molecular weight is 236 g/mol. The number of aromatic nitrogens is 1. The third-order valence-electron chi connectivity index (χ3n) is 2.69. The second-order valence-electron chi connectivity index (χ2n) is 4.10. The van der Waals surface area contributed by atoms with Crippen LogP contribution in [0.2, 0.25) is 0 Å². The number of nitrogens with zero attached hydrogens (tertiary/aromatic N) is 3. The van der Waals surface area contributed by atoms with Gasteiger partial charge in [0.05, 0.1) is 0 Å². The molecule has 0 aliphatic carbocycles. The molecule has 5 heteroatoms. The third-order valence-corrected chi connectivity index (χ3v) is 2.69.